The Kier molecular flexibility index (Phi) is 6.55. The zero-order chi connectivity index (χ0) is 17.9. The maximum absolute atomic E-state index is 12.8. The molecule has 4 nitrogen and oxygen atoms in total. The van der Waals surface area contributed by atoms with Gasteiger partial charge in [0, 0.05) is 18.5 Å². The SMILES string of the molecule is CCCCOc1c(C(N)CCC)n(C)c(=O)c2cc(Cl)c(Cl)cc12. The molecule has 0 amide bonds. The van der Waals surface area contributed by atoms with Crippen molar-refractivity contribution in [3.8, 4) is 5.75 Å². The van der Waals surface area contributed by atoms with Crippen LogP contribution in [0.25, 0.3) is 10.8 Å². The van der Waals surface area contributed by atoms with Gasteiger partial charge in [0.05, 0.1) is 27.7 Å². The molecule has 0 aliphatic heterocycles. The quantitative estimate of drug-likeness (QED) is 0.710. The van der Waals surface area contributed by atoms with Crippen LogP contribution < -0.4 is 16.0 Å². The first-order chi connectivity index (χ1) is 11.4. The van der Waals surface area contributed by atoms with E-state index in [0.717, 1.165) is 25.7 Å². The minimum atomic E-state index is -0.275. The van der Waals surface area contributed by atoms with E-state index >= 15 is 0 Å². The van der Waals surface area contributed by atoms with Crippen LogP contribution in [0.2, 0.25) is 10.0 Å². The van der Waals surface area contributed by atoms with Gasteiger partial charge in [-0.05, 0) is 25.0 Å². The lowest BCUT2D eigenvalue weighted by Gasteiger charge is -2.22. The molecule has 0 aliphatic carbocycles. The van der Waals surface area contributed by atoms with Crippen molar-refractivity contribution < 1.29 is 4.74 Å². The number of ether oxygens (including phenoxy) is 1. The minimum absolute atomic E-state index is 0.145. The number of benzene rings is 1. The van der Waals surface area contributed by atoms with Crippen molar-refractivity contribution in [3.63, 3.8) is 0 Å². The molecule has 1 atom stereocenters. The molecule has 2 N–H and O–H groups in total. The molecule has 0 fully saturated rings. The van der Waals surface area contributed by atoms with E-state index in [1.54, 1.807) is 23.7 Å². The first-order valence-electron chi connectivity index (χ1n) is 8.32. The number of hydrogen-bond acceptors (Lipinski definition) is 3. The summed E-state index contributed by atoms with van der Waals surface area (Å²) in [6.07, 6.45) is 3.63. The molecular formula is C18H24Cl2N2O2. The number of pyridine rings is 1. The molecule has 0 spiro atoms. The Morgan fingerprint density at radius 3 is 2.38 bits per heavy atom. The molecule has 2 aromatic rings. The van der Waals surface area contributed by atoms with Gasteiger partial charge in [-0.1, -0.05) is 49.9 Å². The molecule has 0 saturated heterocycles. The summed E-state index contributed by atoms with van der Waals surface area (Å²) < 4.78 is 7.63. The number of fused-ring (bicyclic) bond motifs is 1. The van der Waals surface area contributed by atoms with Gasteiger partial charge in [-0.2, -0.15) is 0 Å². The lowest BCUT2D eigenvalue weighted by Crippen LogP contribution is -2.27. The summed E-state index contributed by atoms with van der Waals surface area (Å²) in [6, 6.07) is 3.02. The Balaban J connectivity index is 2.76. The van der Waals surface area contributed by atoms with Gasteiger partial charge in [-0.3, -0.25) is 4.79 Å². The van der Waals surface area contributed by atoms with Crippen molar-refractivity contribution in [3.05, 3.63) is 38.2 Å². The van der Waals surface area contributed by atoms with Gasteiger partial charge in [-0.15, -0.1) is 0 Å². The third-order valence-electron chi connectivity index (χ3n) is 4.13. The summed E-state index contributed by atoms with van der Waals surface area (Å²) in [5.74, 6) is 0.639. The molecule has 0 bridgehead atoms. The van der Waals surface area contributed by atoms with Crippen LogP contribution in [0.4, 0.5) is 0 Å². The monoisotopic (exact) mass is 370 g/mol. The van der Waals surface area contributed by atoms with E-state index in [4.69, 9.17) is 33.7 Å². The minimum Gasteiger partial charge on any atom is -0.491 e. The zero-order valence-corrected chi connectivity index (χ0v) is 15.9. The molecule has 0 radical (unpaired) electrons. The van der Waals surface area contributed by atoms with Gasteiger partial charge >= 0.3 is 0 Å². The Morgan fingerprint density at radius 1 is 1.17 bits per heavy atom. The van der Waals surface area contributed by atoms with Crippen LogP contribution in [-0.2, 0) is 7.05 Å². The van der Waals surface area contributed by atoms with Crippen molar-refractivity contribution >= 4 is 34.0 Å². The Hall–Kier alpha value is -1.23. The summed E-state index contributed by atoms with van der Waals surface area (Å²) in [5, 5.41) is 1.91. The number of nitrogens with two attached hydrogens (primary N) is 1. The zero-order valence-electron chi connectivity index (χ0n) is 14.4. The van der Waals surface area contributed by atoms with E-state index < -0.39 is 0 Å². The fourth-order valence-electron chi connectivity index (χ4n) is 2.83. The number of nitrogens with zero attached hydrogens (tertiary/aromatic N) is 1. The summed E-state index contributed by atoms with van der Waals surface area (Å²) in [4.78, 5) is 12.8. The summed E-state index contributed by atoms with van der Waals surface area (Å²) in [6.45, 7) is 4.73. The largest absolute Gasteiger partial charge is 0.491 e. The van der Waals surface area contributed by atoms with E-state index in [1.807, 2.05) is 0 Å². The van der Waals surface area contributed by atoms with E-state index in [2.05, 4.69) is 13.8 Å². The van der Waals surface area contributed by atoms with Crippen LogP contribution in [0.3, 0.4) is 0 Å². The fourth-order valence-corrected chi connectivity index (χ4v) is 3.15. The average molecular weight is 371 g/mol. The molecule has 6 heteroatoms. The molecule has 1 heterocycles. The smallest absolute Gasteiger partial charge is 0.258 e. The van der Waals surface area contributed by atoms with Crippen molar-refractivity contribution in [2.75, 3.05) is 6.61 Å². The van der Waals surface area contributed by atoms with Gasteiger partial charge in [0.2, 0.25) is 0 Å². The number of rotatable bonds is 7. The molecule has 0 saturated carbocycles. The first-order valence-corrected chi connectivity index (χ1v) is 9.07. The van der Waals surface area contributed by atoms with E-state index in [1.165, 1.54) is 0 Å². The number of halogens is 2. The van der Waals surface area contributed by atoms with E-state index in [-0.39, 0.29) is 11.6 Å². The molecule has 1 aromatic heterocycles. The summed E-state index contributed by atoms with van der Waals surface area (Å²) in [7, 11) is 1.72. The van der Waals surface area contributed by atoms with Crippen molar-refractivity contribution in [1.29, 1.82) is 0 Å². The molecule has 132 valence electrons. The molecule has 2 rings (SSSR count). The van der Waals surface area contributed by atoms with Gasteiger partial charge < -0.3 is 15.0 Å². The van der Waals surface area contributed by atoms with Crippen LogP contribution >= 0.6 is 23.2 Å². The Morgan fingerprint density at radius 2 is 1.79 bits per heavy atom. The average Bonchev–Trinajstić information content (AvgIpc) is 2.54. The lowest BCUT2D eigenvalue weighted by molar-refractivity contribution is 0.303. The van der Waals surface area contributed by atoms with E-state index in [9.17, 15) is 4.79 Å². The van der Waals surface area contributed by atoms with Crippen LogP contribution in [-0.4, -0.2) is 11.2 Å². The maximum Gasteiger partial charge on any atom is 0.258 e. The van der Waals surface area contributed by atoms with Crippen LogP contribution in [0.1, 0.15) is 51.3 Å². The van der Waals surface area contributed by atoms with Crippen LogP contribution in [0, 0.1) is 0 Å². The topological polar surface area (TPSA) is 57.2 Å². The standard InChI is InChI=1S/C18H24Cl2N2O2/c1-4-6-8-24-17-11-9-13(19)14(20)10-12(11)18(23)22(3)16(17)15(21)7-5-2/h9-10,15H,4-8,21H2,1-3H3. The predicted octanol–water partition coefficient (Wildman–Crippen LogP) is 4.82. The van der Waals surface area contributed by atoms with E-state index in [0.29, 0.717) is 38.9 Å². The number of hydrogen-bond donors (Lipinski definition) is 1. The van der Waals surface area contributed by atoms with Crippen molar-refractivity contribution in [2.24, 2.45) is 12.8 Å². The normalized spacial score (nSPS) is 12.6. The highest BCUT2D eigenvalue weighted by Gasteiger charge is 2.22. The second-order valence-corrected chi connectivity index (χ2v) is 6.80. The fraction of sp³-hybridized carbons (Fsp3) is 0.500. The molecule has 24 heavy (non-hydrogen) atoms. The second kappa shape index (κ2) is 8.24. The Labute approximate surface area is 152 Å². The third kappa shape index (κ3) is 3.71. The van der Waals surface area contributed by atoms with Crippen LogP contribution in [0.5, 0.6) is 5.75 Å². The molecule has 1 aromatic carbocycles. The molecule has 1 unspecified atom stereocenters. The van der Waals surface area contributed by atoms with Crippen LogP contribution in [0.15, 0.2) is 16.9 Å². The summed E-state index contributed by atoms with van der Waals surface area (Å²) in [5.41, 5.74) is 6.91. The lowest BCUT2D eigenvalue weighted by atomic mass is 10.0. The Bertz CT molecular complexity index is 787. The third-order valence-corrected chi connectivity index (χ3v) is 4.85. The second-order valence-electron chi connectivity index (χ2n) is 5.99. The number of aromatic nitrogens is 1. The van der Waals surface area contributed by atoms with Gasteiger partial charge in [0.15, 0.2) is 0 Å². The first kappa shape index (κ1) is 19.1. The van der Waals surface area contributed by atoms with Gasteiger partial charge in [0.25, 0.3) is 5.56 Å². The van der Waals surface area contributed by atoms with Crippen molar-refractivity contribution in [1.82, 2.24) is 4.57 Å². The summed E-state index contributed by atoms with van der Waals surface area (Å²) >= 11 is 12.3. The van der Waals surface area contributed by atoms with Gasteiger partial charge in [0.1, 0.15) is 5.75 Å². The molecular weight excluding hydrogens is 347 g/mol. The predicted molar refractivity (Wildman–Crippen MR) is 101 cm³/mol. The molecule has 0 aliphatic rings. The highest BCUT2D eigenvalue weighted by molar-refractivity contribution is 6.42. The van der Waals surface area contributed by atoms with Gasteiger partial charge in [-0.25, -0.2) is 0 Å². The highest BCUT2D eigenvalue weighted by Crippen LogP contribution is 2.36. The van der Waals surface area contributed by atoms with Crippen molar-refractivity contribution in [2.45, 2.75) is 45.6 Å². The maximum atomic E-state index is 12.8. The number of unbranched alkanes of at least 4 members (excludes halogenated alkanes) is 1. The highest BCUT2D eigenvalue weighted by atomic mass is 35.5.